The minimum absolute atomic E-state index is 0.424. The lowest BCUT2D eigenvalue weighted by molar-refractivity contribution is -0.138. The molecule has 0 saturated heterocycles. The number of alkyl halides is 3. The maximum atomic E-state index is 12.3. The summed E-state index contributed by atoms with van der Waals surface area (Å²) in [6, 6.07) is 3.57. The molecule has 0 amide bonds. The summed E-state index contributed by atoms with van der Waals surface area (Å²) in [5.74, 6) is -1.03. The molecule has 1 aromatic rings. The fraction of sp³-hybridized carbons (Fsp3) is 0.364. The van der Waals surface area contributed by atoms with Crippen LogP contribution in [0.2, 0.25) is 0 Å². The predicted octanol–water partition coefficient (Wildman–Crippen LogP) is 2.61. The van der Waals surface area contributed by atoms with Crippen molar-refractivity contribution in [3.05, 3.63) is 29.8 Å². The standard InChI is InChI=1S/C11H12F3NO2/c1-7(10(16)17)15(2)9-5-3-8(4-6-9)11(12,13)14/h3-7H,1-2H3,(H,16,17). The Morgan fingerprint density at radius 1 is 1.29 bits per heavy atom. The average Bonchev–Trinajstić information content (AvgIpc) is 2.26. The number of carboxylic acid groups (broad SMARTS) is 1. The third kappa shape index (κ3) is 3.12. The van der Waals surface area contributed by atoms with Gasteiger partial charge in [-0.3, -0.25) is 0 Å². The van der Waals surface area contributed by atoms with E-state index in [-0.39, 0.29) is 0 Å². The Kier molecular flexibility index (Phi) is 3.65. The first kappa shape index (κ1) is 13.3. The van der Waals surface area contributed by atoms with E-state index in [4.69, 9.17) is 5.11 Å². The van der Waals surface area contributed by atoms with Gasteiger partial charge >= 0.3 is 12.1 Å². The summed E-state index contributed by atoms with van der Waals surface area (Å²) in [6.07, 6.45) is -4.38. The minimum Gasteiger partial charge on any atom is -0.480 e. The summed E-state index contributed by atoms with van der Waals surface area (Å²) in [7, 11) is 1.52. The molecule has 0 aliphatic heterocycles. The summed E-state index contributed by atoms with van der Waals surface area (Å²) in [4.78, 5) is 12.1. The first-order valence-corrected chi connectivity index (χ1v) is 4.86. The summed E-state index contributed by atoms with van der Waals surface area (Å²) in [6.45, 7) is 1.46. The van der Waals surface area contributed by atoms with Gasteiger partial charge < -0.3 is 10.0 Å². The topological polar surface area (TPSA) is 40.5 Å². The fourth-order valence-electron chi connectivity index (χ4n) is 1.27. The van der Waals surface area contributed by atoms with E-state index in [1.54, 1.807) is 0 Å². The van der Waals surface area contributed by atoms with Crippen molar-refractivity contribution in [2.24, 2.45) is 0 Å². The molecule has 0 spiro atoms. The van der Waals surface area contributed by atoms with Gasteiger partial charge in [-0.15, -0.1) is 0 Å². The minimum atomic E-state index is -4.38. The highest BCUT2D eigenvalue weighted by Gasteiger charge is 2.30. The second-order valence-corrected chi connectivity index (χ2v) is 3.67. The molecular formula is C11H12F3NO2. The zero-order valence-electron chi connectivity index (χ0n) is 9.32. The molecule has 0 aliphatic rings. The number of carboxylic acids is 1. The molecule has 1 atom stereocenters. The van der Waals surface area contributed by atoms with Gasteiger partial charge in [0, 0.05) is 12.7 Å². The van der Waals surface area contributed by atoms with E-state index in [9.17, 15) is 18.0 Å². The lowest BCUT2D eigenvalue weighted by Gasteiger charge is -2.23. The molecule has 1 rings (SSSR count). The van der Waals surface area contributed by atoms with Crippen molar-refractivity contribution in [1.82, 2.24) is 0 Å². The van der Waals surface area contributed by atoms with E-state index in [0.717, 1.165) is 12.1 Å². The number of carbonyl (C=O) groups is 1. The van der Waals surface area contributed by atoms with Crippen LogP contribution in [0.4, 0.5) is 18.9 Å². The first-order valence-electron chi connectivity index (χ1n) is 4.86. The Labute approximate surface area is 96.5 Å². The molecule has 1 unspecified atom stereocenters. The van der Waals surface area contributed by atoms with Gasteiger partial charge in [0.1, 0.15) is 6.04 Å². The summed E-state index contributed by atoms with van der Waals surface area (Å²) >= 11 is 0. The molecule has 1 aromatic carbocycles. The summed E-state index contributed by atoms with van der Waals surface area (Å²) in [5.41, 5.74) is -0.328. The third-order valence-corrected chi connectivity index (χ3v) is 2.54. The molecule has 0 bridgehead atoms. The number of halogens is 3. The van der Waals surface area contributed by atoms with E-state index < -0.39 is 23.8 Å². The van der Waals surface area contributed by atoms with Gasteiger partial charge in [0.05, 0.1) is 5.56 Å². The normalized spacial score (nSPS) is 13.2. The van der Waals surface area contributed by atoms with Crippen LogP contribution in [0, 0.1) is 0 Å². The van der Waals surface area contributed by atoms with Crippen molar-refractivity contribution in [2.75, 3.05) is 11.9 Å². The SMILES string of the molecule is CC(C(=O)O)N(C)c1ccc(C(F)(F)F)cc1. The van der Waals surface area contributed by atoms with Crippen LogP contribution in [0.15, 0.2) is 24.3 Å². The first-order chi connectivity index (χ1) is 7.73. The number of anilines is 1. The van der Waals surface area contributed by atoms with Crippen LogP contribution in [0.25, 0.3) is 0 Å². The van der Waals surface area contributed by atoms with E-state index in [1.165, 1.54) is 31.0 Å². The maximum Gasteiger partial charge on any atom is 0.416 e. The van der Waals surface area contributed by atoms with Crippen molar-refractivity contribution in [3.63, 3.8) is 0 Å². The number of likely N-dealkylation sites (N-methyl/N-ethyl adjacent to an activating group) is 1. The summed E-state index contributed by atoms with van der Waals surface area (Å²) < 4.78 is 36.9. The average molecular weight is 247 g/mol. The van der Waals surface area contributed by atoms with Gasteiger partial charge in [0.2, 0.25) is 0 Å². The monoisotopic (exact) mass is 247 g/mol. The molecule has 0 radical (unpaired) electrons. The van der Waals surface area contributed by atoms with Crippen LogP contribution in [0.5, 0.6) is 0 Å². The largest absolute Gasteiger partial charge is 0.480 e. The van der Waals surface area contributed by atoms with E-state index in [0.29, 0.717) is 5.69 Å². The van der Waals surface area contributed by atoms with Gasteiger partial charge in [-0.05, 0) is 31.2 Å². The van der Waals surface area contributed by atoms with Gasteiger partial charge in [-0.25, -0.2) is 4.79 Å². The Hall–Kier alpha value is -1.72. The molecule has 0 aromatic heterocycles. The van der Waals surface area contributed by atoms with Crippen LogP contribution in [-0.2, 0) is 11.0 Å². The van der Waals surface area contributed by atoms with Gasteiger partial charge in [0.15, 0.2) is 0 Å². The molecule has 94 valence electrons. The number of benzene rings is 1. The lowest BCUT2D eigenvalue weighted by Crippen LogP contribution is -2.35. The zero-order chi connectivity index (χ0) is 13.2. The van der Waals surface area contributed by atoms with Crippen LogP contribution in [-0.4, -0.2) is 24.2 Å². The number of hydrogen-bond acceptors (Lipinski definition) is 2. The molecule has 3 nitrogen and oxygen atoms in total. The van der Waals surface area contributed by atoms with Crippen LogP contribution in [0.1, 0.15) is 12.5 Å². The van der Waals surface area contributed by atoms with Crippen LogP contribution >= 0.6 is 0 Å². The quantitative estimate of drug-likeness (QED) is 0.892. The van der Waals surface area contributed by atoms with E-state index in [2.05, 4.69) is 0 Å². The van der Waals surface area contributed by atoms with E-state index in [1.807, 2.05) is 0 Å². The molecule has 0 saturated carbocycles. The molecular weight excluding hydrogens is 235 g/mol. The Morgan fingerprint density at radius 2 is 1.76 bits per heavy atom. The van der Waals surface area contributed by atoms with E-state index >= 15 is 0 Å². The molecule has 17 heavy (non-hydrogen) atoms. The predicted molar refractivity (Wildman–Crippen MR) is 56.9 cm³/mol. The second-order valence-electron chi connectivity index (χ2n) is 3.67. The highest BCUT2D eigenvalue weighted by Crippen LogP contribution is 2.30. The number of hydrogen-bond donors (Lipinski definition) is 1. The van der Waals surface area contributed by atoms with Crippen LogP contribution in [0.3, 0.4) is 0 Å². The Balaban J connectivity index is 2.92. The maximum absolute atomic E-state index is 12.3. The zero-order valence-corrected chi connectivity index (χ0v) is 9.32. The Morgan fingerprint density at radius 3 is 2.12 bits per heavy atom. The molecule has 6 heteroatoms. The lowest BCUT2D eigenvalue weighted by atomic mass is 10.1. The number of aliphatic carboxylic acids is 1. The van der Waals surface area contributed by atoms with Crippen molar-refractivity contribution in [3.8, 4) is 0 Å². The third-order valence-electron chi connectivity index (χ3n) is 2.54. The second kappa shape index (κ2) is 4.65. The number of rotatable bonds is 3. The highest BCUT2D eigenvalue weighted by molar-refractivity contribution is 5.77. The van der Waals surface area contributed by atoms with Crippen molar-refractivity contribution >= 4 is 11.7 Å². The smallest absolute Gasteiger partial charge is 0.416 e. The molecule has 1 N–H and O–H groups in total. The number of nitrogens with zero attached hydrogens (tertiary/aromatic N) is 1. The highest BCUT2D eigenvalue weighted by atomic mass is 19.4. The van der Waals surface area contributed by atoms with Gasteiger partial charge in [-0.1, -0.05) is 0 Å². The molecule has 0 heterocycles. The Bertz CT molecular complexity index is 400. The summed E-state index contributed by atoms with van der Waals surface area (Å²) in [5, 5.41) is 8.78. The van der Waals surface area contributed by atoms with Crippen LogP contribution < -0.4 is 4.90 Å². The van der Waals surface area contributed by atoms with Gasteiger partial charge in [-0.2, -0.15) is 13.2 Å². The molecule has 0 aliphatic carbocycles. The van der Waals surface area contributed by atoms with Crippen molar-refractivity contribution in [1.29, 1.82) is 0 Å². The fourth-order valence-corrected chi connectivity index (χ4v) is 1.27. The molecule has 0 fully saturated rings. The van der Waals surface area contributed by atoms with Crippen molar-refractivity contribution in [2.45, 2.75) is 19.1 Å². The van der Waals surface area contributed by atoms with Gasteiger partial charge in [0.25, 0.3) is 0 Å². The van der Waals surface area contributed by atoms with Crippen molar-refractivity contribution < 1.29 is 23.1 Å².